The molecule has 2 aliphatic rings. The lowest BCUT2D eigenvalue weighted by Crippen LogP contribution is -2.28. The molecule has 0 amide bonds. The zero-order valence-electron chi connectivity index (χ0n) is 15.2. The molecular weight excluding hydrogens is 308 g/mol. The largest absolute Gasteiger partial charge is 0.351 e. The summed E-state index contributed by atoms with van der Waals surface area (Å²) in [7, 11) is 0. The first kappa shape index (κ1) is 17.8. The Balaban J connectivity index is 1.47. The summed E-state index contributed by atoms with van der Waals surface area (Å²) in [5.41, 5.74) is 1.34. The third-order valence-corrected chi connectivity index (χ3v) is 5.82. The van der Waals surface area contributed by atoms with Gasteiger partial charge in [0.1, 0.15) is 0 Å². The van der Waals surface area contributed by atoms with E-state index < -0.39 is 0 Å². The van der Waals surface area contributed by atoms with Crippen molar-refractivity contribution >= 4 is 17.7 Å². The SMILES string of the molecule is C=C(C=N)c1ccnc(NC2CCC(CC(C)C3C=CCC3)CC2)n1. The van der Waals surface area contributed by atoms with E-state index in [1.54, 1.807) is 12.3 Å². The van der Waals surface area contributed by atoms with Gasteiger partial charge in [0.05, 0.1) is 5.69 Å². The van der Waals surface area contributed by atoms with Crippen LogP contribution in [-0.2, 0) is 0 Å². The molecule has 1 saturated carbocycles. The molecule has 25 heavy (non-hydrogen) atoms. The lowest BCUT2D eigenvalue weighted by atomic mass is 9.78. The Morgan fingerprint density at radius 1 is 1.36 bits per heavy atom. The number of rotatable bonds is 7. The smallest absolute Gasteiger partial charge is 0.223 e. The van der Waals surface area contributed by atoms with Gasteiger partial charge in [-0.2, -0.15) is 0 Å². The lowest BCUT2D eigenvalue weighted by Gasteiger charge is -2.31. The van der Waals surface area contributed by atoms with Gasteiger partial charge in [0, 0.05) is 24.0 Å². The van der Waals surface area contributed by atoms with Gasteiger partial charge in [-0.05, 0) is 68.8 Å². The monoisotopic (exact) mass is 338 g/mol. The van der Waals surface area contributed by atoms with Crippen LogP contribution in [0.1, 0.15) is 57.6 Å². The summed E-state index contributed by atoms with van der Waals surface area (Å²) in [5, 5.41) is 10.8. The predicted octanol–water partition coefficient (Wildman–Crippen LogP) is 5.10. The highest BCUT2D eigenvalue weighted by molar-refractivity contribution is 6.06. The van der Waals surface area contributed by atoms with E-state index in [-0.39, 0.29) is 0 Å². The van der Waals surface area contributed by atoms with Gasteiger partial charge in [-0.3, -0.25) is 0 Å². The zero-order valence-corrected chi connectivity index (χ0v) is 15.2. The van der Waals surface area contributed by atoms with E-state index in [0.29, 0.717) is 17.6 Å². The van der Waals surface area contributed by atoms with Crippen molar-refractivity contribution in [2.24, 2.45) is 17.8 Å². The molecule has 1 heterocycles. The van der Waals surface area contributed by atoms with Crippen LogP contribution in [0.4, 0.5) is 5.95 Å². The van der Waals surface area contributed by atoms with Crippen LogP contribution in [0.3, 0.4) is 0 Å². The Hall–Kier alpha value is -1.97. The first-order valence-electron chi connectivity index (χ1n) is 9.61. The van der Waals surface area contributed by atoms with E-state index in [9.17, 15) is 0 Å². The summed E-state index contributed by atoms with van der Waals surface area (Å²) in [6.07, 6.45) is 16.7. The number of allylic oxidation sites excluding steroid dienone is 3. The van der Waals surface area contributed by atoms with E-state index in [4.69, 9.17) is 5.41 Å². The van der Waals surface area contributed by atoms with Crippen LogP contribution in [0.25, 0.3) is 5.57 Å². The quantitative estimate of drug-likeness (QED) is 0.537. The van der Waals surface area contributed by atoms with Crippen molar-refractivity contribution in [2.75, 3.05) is 5.32 Å². The van der Waals surface area contributed by atoms with Crippen LogP contribution < -0.4 is 5.32 Å². The number of hydrogen-bond acceptors (Lipinski definition) is 4. The van der Waals surface area contributed by atoms with Crippen LogP contribution in [0.2, 0.25) is 0 Å². The number of aromatic nitrogens is 2. The van der Waals surface area contributed by atoms with E-state index in [2.05, 4.69) is 40.9 Å². The van der Waals surface area contributed by atoms with Gasteiger partial charge in [0.25, 0.3) is 0 Å². The molecule has 134 valence electrons. The molecule has 2 atom stereocenters. The molecule has 0 bridgehead atoms. The zero-order chi connectivity index (χ0) is 17.6. The fraction of sp³-hybridized carbons (Fsp3) is 0.571. The summed E-state index contributed by atoms with van der Waals surface area (Å²) in [4.78, 5) is 8.80. The molecule has 0 radical (unpaired) electrons. The van der Waals surface area contributed by atoms with Gasteiger partial charge in [-0.1, -0.05) is 25.7 Å². The minimum Gasteiger partial charge on any atom is -0.351 e. The fourth-order valence-corrected chi connectivity index (χ4v) is 4.24. The van der Waals surface area contributed by atoms with Crippen molar-refractivity contribution in [3.63, 3.8) is 0 Å². The Morgan fingerprint density at radius 3 is 2.84 bits per heavy atom. The average molecular weight is 338 g/mol. The topological polar surface area (TPSA) is 61.7 Å². The van der Waals surface area contributed by atoms with Crippen molar-refractivity contribution < 1.29 is 0 Å². The summed E-state index contributed by atoms with van der Waals surface area (Å²) in [6, 6.07) is 2.26. The second-order valence-electron chi connectivity index (χ2n) is 7.68. The van der Waals surface area contributed by atoms with E-state index in [1.165, 1.54) is 51.2 Å². The van der Waals surface area contributed by atoms with Gasteiger partial charge >= 0.3 is 0 Å². The molecule has 1 fully saturated rings. The molecule has 0 spiro atoms. The molecular formula is C21H30N4. The van der Waals surface area contributed by atoms with Gasteiger partial charge in [-0.25, -0.2) is 9.97 Å². The van der Waals surface area contributed by atoms with Gasteiger partial charge in [0.2, 0.25) is 5.95 Å². The number of nitrogens with zero attached hydrogens (tertiary/aromatic N) is 2. The molecule has 1 aromatic heterocycles. The Morgan fingerprint density at radius 2 is 2.16 bits per heavy atom. The number of hydrogen-bond donors (Lipinski definition) is 2. The fourth-order valence-electron chi connectivity index (χ4n) is 4.24. The summed E-state index contributed by atoms with van der Waals surface area (Å²) >= 11 is 0. The maximum absolute atomic E-state index is 7.30. The van der Waals surface area contributed by atoms with Crippen molar-refractivity contribution in [3.8, 4) is 0 Å². The van der Waals surface area contributed by atoms with Crippen LogP contribution in [-0.4, -0.2) is 22.2 Å². The highest BCUT2D eigenvalue weighted by atomic mass is 15.1. The summed E-state index contributed by atoms with van der Waals surface area (Å²) in [6.45, 7) is 6.27. The Kier molecular flexibility index (Phi) is 6.00. The predicted molar refractivity (Wildman–Crippen MR) is 105 cm³/mol. The maximum Gasteiger partial charge on any atom is 0.223 e. The molecule has 4 nitrogen and oxygen atoms in total. The van der Waals surface area contributed by atoms with E-state index in [0.717, 1.165) is 23.4 Å². The molecule has 1 aromatic rings. The van der Waals surface area contributed by atoms with Gasteiger partial charge < -0.3 is 10.7 Å². The Bertz CT molecular complexity index is 629. The first-order valence-corrected chi connectivity index (χ1v) is 9.61. The normalized spacial score (nSPS) is 27.0. The molecule has 0 aliphatic heterocycles. The van der Waals surface area contributed by atoms with Crippen LogP contribution in [0.15, 0.2) is 31.0 Å². The molecule has 0 aromatic carbocycles. The second kappa shape index (κ2) is 8.41. The van der Waals surface area contributed by atoms with E-state index >= 15 is 0 Å². The minimum absolute atomic E-state index is 0.460. The summed E-state index contributed by atoms with van der Waals surface area (Å²) in [5.74, 6) is 3.16. The number of nitrogens with one attached hydrogen (secondary N) is 2. The van der Waals surface area contributed by atoms with Crippen molar-refractivity contribution in [1.82, 2.24) is 9.97 Å². The molecule has 3 rings (SSSR count). The average Bonchev–Trinajstić information content (AvgIpc) is 3.18. The van der Waals surface area contributed by atoms with Crippen LogP contribution in [0.5, 0.6) is 0 Å². The van der Waals surface area contributed by atoms with Crippen LogP contribution >= 0.6 is 0 Å². The molecule has 2 unspecified atom stereocenters. The van der Waals surface area contributed by atoms with Gasteiger partial charge in [-0.15, -0.1) is 0 Å². The maximum atomic E-state index is 7.30. The third kappa shape index (κ3) is 4.77. The molecule has 4 heteroatoms. The van der Waals surface area contributed by atoms with Gasteiger partial charge in [0.15, 0.2) is 0 Å². The second-order valence-corrected chi connectivity index (χ2v) is 7.68. The lowest BCUT2D eigenvalue weighted by molar-refractivity contribution is 0.255. The summed E-state index contributed by atoms with van der Waals surface area (Å²) < 4.78 is 0. The van der Waals surface area contributed by atoms with Crippen LogP contribution in [0, 0.1) is 23.2 Å². The first-order chi connectivity index (χ1) is 12.2. The molecule has 0 saturated heterocycles. The number of anilines is 1. The third-order valence-electron chi connectivity index (χ3n) is 5.82. The highest BCUT2D eigenvalue weighted by Gasteiger charge is 2.26. The minimum atomic E-state index is 0.460. The van der Waals surface area contributed by atoms with Crippen molar-refractivity contribution in [1.29, 1.82) is 5.41 Å². The van der Waals surface area contributed by atoms with Crippen molar-refractivity contribution in [3.05, 3.63) is 36.7 Å². The molecule has 2 N–H and O–H groups in total. The molecule has 2 aliphatic carbocycles. The van der Waals surface area contributed by atoms with Crippen molar-refractivity contribution in [2.45, 2.75) is 57.9 Å². The highest BCUT2D eigenvalue weighted by Crippen LogP contribution is 2.35. The standard InChI is InChI=1S/C21H30N4/c1-15(18-5-3-4-6-18)13-17-7-9-19(10-8-17)24-21-23-12-11-20(25-21)16(2)14-22/h3,5,11-12,14-15,17-19,22H,2,4,6-10,13H2,1H3,(H,23,24,25). The Labute approximate surface area is 151 Å². The van der Waals surface area contributed by atoms with E-state index in [1.807, 2.05) is 0 Å².